The van der Waals surface area contributed by atoms with Gasteiger partial charge in [0.25, 0.3) is 0 Å². The van der Waals surface area contributed by atoms with E-state index in [-0.39, 0.29) is 12.2 Å². The smallest absolute Gasteiger partial charge is 0.379 e. The number of nitrogens with zero attached hydrogens (tertiary/aromatic N) is 1. The number of nitrogens with one attached hydrogen (secondary N) is 1. The number of pyridine rings is 1. The van der Waals surface area contributed by atoms with E-state index in [1.807, 2.05) is 0 Å². The predicted molar refractivity (Wildman–Crippen MR) is 55.4 cm³/mol. The fourth-order valence-corrected chi connectivity index (χ4v) is 1.85. The molecule has 0 aromatic carbocycles. The molecule has 0 bridgehead atoms. The first-order valence-electron chi connectivity index (χ1n) is 5.41. The summed E-state index contributed by atoms with van der Waals surface area (Å²) >= 11 is 0. The topological polar surface area (TPSA) is 34.1 Å². The quantitative estimate of drug-likeness (QED) is 0.824. The Bertz CT molecular complexity index is 373. The summed E-state index contributed by atoms with van der Waals surface area (Å²) in [5.74, 6) is 0. The number of hydrogen-bond acceptors (Lipinski definition) is 3. The number of halogens is 3. The minimum Gasteiger partial charge on any atom is -0.379 e. The summed E-state index contributed by atoms with van der Waals surface area (Å²) in [5.41, 5.74) is -0.489. The third-order valence-corrected chi connectivity index (χ3v) is 2.67. The fourth-order valence-electron chi connectivity index (χ4n) is 1.85. The largest absolute Gasteiger partial charge is 0.416 e. The van der Waals surface area contributed by atoms with Crippen LogP contribution in [0, 0.1) is 0 Å². The van der Waals surface area contributed by atoms with E-state index in [9.17, 15) is 13.2 Å². The molecule has 0 saturated carbocycles. The Morgan fingerprint density at radius 1 is 1.41 bits per heavy atom. The maximum absolute atomic E-state index is 12.8. The van der Waals surface area contributed by atoms with Crippen LogP contribution in [0.15, 0.2) is 18.5 Å². The lowest BCUT2D eigenvalue weighted by Gasteiger charge is -2.20. The van der Waals surface area contributed by atoms with Crippen molar-refractivity contribution >= 4 is 0 Å². The molecule has 1 N–H and O–H groups in total. The van der Waals surface area contributed by atoms with Gasteiger partial charge in [0.2, 0.25) is 0 Å². The van der Waals surface area contributed by atoms with Crippen molar-refractivity contribution in [2.24, 2.45) is 0 Å². The molecule has 0 amide bonds. The molecule has 1 atom stereocenters. The van der Waals surface area contributed by atoms with E-state index in [1.165, 1.54) is 6.20 Å². The average Bonchev–Trinajstić information content (AvgIpc) is 2.56. The van der Waals surface area contributed by atoms with E-state index < -0.39 is 17.8 Å². The number of alkyl halides is 3. The molecule has 17 heavy (non-hydrogen) atoms. The Balaban J connectivity index is 2.30. The number of hydrogen-bond donors (Lipinski definition) is 1. The van der Waals surface area contributed by atoms with Crippen LogP contribution in [0.1, 0.15) is 23.6 Å². The lowest BCUT2D eigenvalue weighted by Crippen LogP contribution is -2.26. The summed E-state index contributed by atoms with van der Waals surface area (Å²) in [6, 6.07) is 0.560. The molecule has 3 nitrogen and oxygen atoms in total. The maximum atomic E-state index is 12.8. The van der Waals surface area contributed by atoms with Crippen LogP contribution in [0.25, 0.3) is 0 Å². The van der Waals surface area contributed by atoms with Gasteiger partial charge >= 0.3 is 6.18 Å². The van der Waals surface area contributed by atoms with Crippen LogP contribution in [0.5, 0.6) is 0 Å². The van der Waals surface area contributed by atoms with Gasteiger partial charge in [-0.05, 0) is 19.0 Å². The molecular weight excluding hydrogens is 233 g/mol. The minimum absolute atomic E-state index is 0.155. The van der Waals surface area contributed by atoms with Crippen molar-refractivity contribution in [2.45, 2.75) is 18.6 Å². The summed E-state index contributed by atoms with van der Waals surface area (Å²) in [6.07, 6.45) is -1.14. The molecule has 2 rings (SSSR count). The molecule has 94 valence electrons. The molecule has 1 saturated heterocycles. The SMILES string of the molecule is FC(F)(F)c1ccncc1C1COCCCN1. The van der Waals surface area contributed by atoms with E-state index in [2.05, 4.69) is 10.3 Å². The van der Waals surface area contributed by atoms with Crippen LogP contribution in [0.4, 0.5) is 13.2 Å². The zero-order chi connectivity index (χ0) is 12.3. The van der Waals surface area contributed by atoms with Gasteiger partial charge in [-0.2, -0.15) is 13.2 Å². The molecule has 1 unspecified atom stereocenters. The van der Waals surface area contributed by atoms with E-state index in [4.69, 9.17) is 4.74 Å². The number of ether oxygens (including phenoxy) is 1. The van der Waals surface area contributed by atoms with Gasteiger partial charge in [0.15, 0.2) is 0 Å². The van der Waals surface area contributed by atoms with Crippen molar-refractivity contribution < 1.29 is 17.9 Å². The van der Waals surface area contributed by atoms with Crippen LogP contribution in [0.3, 0.4) is 0 Å². The molecule has 2 heterocycles. The Labute approximate surface area is 97.0 Å². The molecule has 0 radical (unpaired) electrons. The van der Waals surface area contributed by atoms with Gasteiger partial charge in [0.1, 0.15) is 0 Å². The molecule has 1 aromatic rings. The molecule has 1 aliphatic rings. The standard InChI is InChI=1S/C11H13F3N2O/c12-11(13,14)9-2-4-15-6-8(9)10-7-17-5-1-3-16-10/h2,4,6,10,16H,1,3,5,7H2. The molecule has 1 aromatic heterocycles. The summed E-state index contributed by atoms with van der Waals surface area (Å²) in [5, 5.41) is 3.05. The molecular formula is C11H13F3N2O. The van der Waals surface area contributed by atoms with E-state index in [1.54, 1.807) is 0 Å². The lowest BCUT2D eigenvalue weighted by molar-refractivity contribution is -0.138. The second-order valence-corrected chi connectivity index (χ2v) is 3.90. The highest BCUT2D eigenvalue weighted by Crippen LogP contribution is 2.34. The predicted octanol–water partition coefficient (Wildman–Crippen LogP) is 2.15. The van der Waals surface area contributed by atoms with E-state index in [0.717, 1.165) is 18.7 Å². The lowest BCUT2D eigenvalue weighted by atomic mass is 10.0. The Hall–Kier alpha value is -1.14. The normalized spacial score (nSPS) is 22.2. The number of aromatic nitrogens is 1. The molecule has 0 spiro atoms. The van der Waals surface area contributed by atoms with E-state index in [0.29, 0.717) is 13.2 Å². The van der Waals surface area contributed by atoms with Crippen molar-refractivity contribution in [1.29, 1.82) is 0 Å². The van der Waals surface area contributed by atoms with Crippen LogP contribution in [0.2, 0.25) is 0 Å². The summed E-state index contributed by atoms with van der Waals surface area (Å²) in [4.78, 5) is 3.77. The summed E-state index contributed by atoms with van der Waals surface area (Å²) in [7, 11) is 0. The molecule has 6 heteroatoms. The second-order valence-electron chi connectivity index (χ2n) is 3.90. The molecule has 1 fully saturated rings. The first-order chi connectivity index (χ1) is 8.09. The minimum atomic E-state index is -4.35. The molecule has 1 aliphatic heterocycles. The van der Waals surface area contributed by atoms with Gasteiger partial charge in [-0.1, -0.05) is 0 Å². The van der Waals surface area contributed by atoms with Crippen molar-refractivity contribution in [3.8, 4) is 0 Å². The van der Waals surface area contributed by atoms with Gasteiger partial charge in [0, 0.05) is 24.6 Å². The molecule has 0 aliphatic carbocycles. The van der Waals surface area contributed by atoms with Crippen LogP contribution < -0.4 is 5.32 Å². The third-order valence-electron chi connectivity index (χ3n) is 2.67. The Morgan fingerprint density at radius 3 is 3.00 bits per heavy atom. The van der Waals surface area contributed by atoms with Crippen molar-refractivity contribution in [3.05, 3.63) is 29.6 Å². The van der Waals surface area contributed by atoms with Crippen LogP contribution in [-0.4, -0.2) is 24.7 Å². The fraction of sp³-hybridized carbons (Fsp3) is 0.545. The Morgan fingerprint density at radius 2 is 2.24 bits per heavy atom. The first-order valence-corrected chi connectivity index (χ1v) is 5.41. The Kier molecular flexibility index (Phi) is 3.63. The summed E-state index contributed by atoms with van der Waals surface area (Å²) in [6.45, 7) is 1.47. The van der Waals surface area contributed by atoms with Crippen molar-refractivity contribution in [2.75, 3.05) is 19.8 Å². The number of rotatable bonds is 1. The van der Waals surface area contributed by atoms with Crippen molar-refractivity contribution in [1.82, 2.24) is 10.3 Å². The van der Waals surface area contributed by atoms with Crippen molar-refractivity contribution in [3.63, 3.8) is 0 Å². The van der Waals surface area contributed by atoms with Gasteiger partial charge in [-0.15, -0.1) is 0 Å². The van der Waals surface area contributed by atoms with Gasteiger partial charge in [-0.3, -0.25) is 4.98 Å². The van der Waals surface area contributed by atoms with Gasteiger partial charge in [-0.25, -0.2) is 0 Å². The van der Waals surface area contributed by atoms with Crippen LogP contribution >= 0.6 is 0 Å². The zero-order valence-corrected chi connectivity index (χ0v) is 9.13. The van der Waals surface area contributed by atoms with Crippen LogP contribution in [-0.2, 0) is 10.9 Å². The zero-order valence-electron chi connectivity index (χ0n) is 9.13. The monoisotopic (exact) mass is 246 g/mol. The maximum Gasteiger partial charge on any atom is 0.416 e. The highest BCUT2D eigenvalue weighted by molar-refractivity contribution is 5.29. The first kappa shape index (κ1) is 12.3. The third kappa shape index (κ3) is 2.95. The summed E-state index contributed by atoms with van der Waals surface area (Å²) < 4.78 is 43.7. The van der Waals surface area contributed by atoms with Gasteiger partial charge < -0.3 is 10.1 Å². The highest BCUT2D eigenvalue weighted by atomic mass is 19.4. The average molecular weight is 246 g/mol. The second kappa shape index (κ2) is 5.01. The van der Waals surface area contributed by atoms with Gasteiger partial charge in [0.05, 0.1) is 18.2 Å². The van der Waals surface area contributed by atoms with E-state index >= 15 is 0 Å². The highest BCUT2D eigenvalue weighted by Gasteiger charge is 2.35.